The van der Waals surface area contributed by atoms with Gasteiger partial charge in [0.1, 0.15) is 0 Å². The number of unbranched alkanes of at least 4 members (excludes halogenated alkanes) is 2. The number of allylic oxidation sites excluding steroid dienone is 2. The molecule has 0 unspecified atom stereocenters. The predicted octanol–water partition coefficient (Wildman–Crippen LogP) is 2.71. The zero-order valence-electron chi connectivity index (χ0n) is 10.9. The van der Waals surface area contributed by atoms with E-state index < -0.39 is 10.0 Å². The third kappa shape index (κ3) is 3.92. The lowest BCUT2D eigenvalue weighted by atomic mass is 10.0. The van der Waals surface area contributed by atoms with Gasteiger partial charge in [-0.2, -0.15) is 0 Å². The number of hydrogen-bond acceptors (Lipinski definition) is 3. The molecule has 1 heterocycles. The molecule has 0 aliphatic carbocycles. The lowest BCUT2D eigenvalue weighted by molar-refractivity contribution is 0.593. The number of primary sulfonamides is 1. The maximum absolute atomic E-state index is 11.5. The zero-order valence-corrected chi connectivity index (χ0v) is 11.7. The number of sulfonamides is 1. The van der Waals surface area contributed by atoms with Crippen molar-refractivity contribution in [2.75, 3.05) is 0 Å². The Kier molecular flexibility index (Phi) is 5.50. The fraction of sp³-hybridized carbons (Fsp3) is 0.462. The molecule has 0 atom stereocenters. The van der Waals surface area contributed by atoms with Gasteiger partial charge in [-0.15, -0.1) is 0 Å². The molecule has 4 nitrogen and oxygen atoms in total. The molecule has 0 aliphatic heterocycles. The van der Waals surface area contributed by atoms with E-state index in [0.29, 0.717) is 5.56 Å². The number of pyridine rings is 1. The average molecular weight is 268 g/mol. The lowest BCUT2D eigenvalue weighted by Crippen LogP contribution is -2.16. The van der Waals surface area contributed by atoms with Crippen LogP contribution in [0.25, 0.3) is 5.57 Å². The van der Waals surface area contributed by atoms with Crippen LogP contribution in [0.4, 0.5) is 0 Å². The van der Waals surface area contributed by atoms with Crippen LogP contribution in [0.1, 0.15) is 45.1 Å². The summed E-state index contributed by atoms with van der Waals surface area (Å²) in [5, 5.41) is 5.15. The number of aromatic nitrogens is 1. The standard InChI is InChI=1S/C13H20N2O2S/c1-3-5-6-8-11(4-2)12-9-7-10-15-13(12)18(14,16)17/h4,7,9-10H,3,5-6,8H2,1-2H3,(H2,14,16,17)/b11-4-. The van der Waals surface area contributed by atoms with Crippen LogP contribution in [-0.2, 0) is 10.0 Å². The highest BCUT2D eigenvalue weighted by Crippen LogP contribution is 2.25. The van der Waals surface area contributed by atoms with Crippen molar-refractivity contribution < 1.29 is 8.42 Å². The maximum Gasteiger partial charge on any atom is 0.256 e. The first-order chi connectivity index (χ1) is 8.50. The van der Waals surface area contributed by atoms with E-state index in [0.717, 1.165) is 31.3 Å². The highest BCUT2D eigenvalue weighted by molar-refractivity contribution is 7.89. The van der Waals surface area contributed by atoms with Crippen LogP contribution in [0.2, 0.25) is 0 Å². The Morgan fingerprint density at radius 1 is 1.44 bits per heavy atom. The van der Waals surface area contributed by atoms with Gasteiger partial charge in [0.15, 0.2) is 5.03 Å². The molecule has 0 fully saturated rings. The van der Waals surface area contributed by atoms with E-state index in [9.17, 15) is 8.42 Å². The van der Waals surface area contributed by atoms with Crippen molar-refractivity contribution in [2.24, 2.45) is 5.14 Å². The topological polar surface area (TPSA) is 73.0 Å². The molecule has 5 heteroatoms. The first kappa shape index (κ1) is 14.9. The molecule has 1 aromatic rings. The second-order valence-corrected chi connectivity index (χ2v) is 5.65. The van der Waals surface area contributed by atoms with E-state index in [4.69, 9.17) is 5.14 Å². The summed E-state index contributed by atoms with van der Waals surface area (Å²) in [5.41, 5.74) is 1.61. The second-order valence-electron chi connectivity index (χ2n) is 4.17. The van der Waals surface area contributed by atoms with E-state index >= 15 is 0 Å². The van der Waals surface area contributed by atoms with E-state index in [1.807, 2.05) is 13.0 Å². The Morgan fingerprint density at radius 3 is 2.72 bits per heavy atom. The Morgan fingerprint density at radius 2 is 2.17 bits per heavy atom. The van der Waals surface area contributed by atoms with Gasteiger partial charge in [-0.1, -0.05) is 31.9 Å². The third-order valence-corrected chi connectivity index (χ3v) is 3.65. The summed E-state index contributed by atoms with van der Waals surface area (Å²) in [4.78, 5) is 3.89. The zero-order chi connectivity index (χ0) is 13.6. The number of nitrogens with zero attached hydrogens (tertiary/aromatic N) is 1. The van der Waals surface area contributed by atoms with Gasteiger partial charge in [0.05, 0.1) is 0 Å². The fourth-order valence-electron chi connectivity index (χ4n) is 1.86. The maximum atomic E-state index is 11.5. The summed E-state index contributed by atoms with van der Waals surface area (Å²) in [7, 11) is -3.77. The van der Waals surface area contributed by atoms with Gasteiger partial charge in [0.25, 0.3) is 10.0 Å². The molecule has 100 valence electrons. The van der Waals surface area contributed by atoms with Crippen LogP contribution >= 0.6 is 0 Å². The number of nitrogens with two attached hydrogens (primary N) is 1. The van der Waals surface area contributed by atoms with Crippen molar-refractivity contribution in [3.05, 3.63) is 30.0 Å². The Hall–Kier alpha value is -1.20. The minimum Gasteiger partial charge on any atom is -0.243 e. The first-order valence-corrected chi connectivity index (χ1v) is 7.68. The van der Waals surface area contributed by atoms with E-state index in [1.54, 1.807) is 12.1 Å². The van der Waals surface area contributed by atoms with Gasteiger partial charge in [-0.3, -0.25) is 0 Å². The molecule has 1 aromatic heterocycles. The summed E-state index contributed by atoms with van der Waals surface area (Å²) >= 11 is 0. The van der Waals surface area contributed by atoms with Crippen LogP contribution < -0.4 is 5.14 Å². The molecule has 1 rings (SSSR count). The minimum atomic E-state index is -3.77. The third-order valence-electron chi connectivity index (χ3n) is 2.78. The highest BCUT2D eigenvalue weighted by atomic mass is 32.2. The summed E-state index contributed by atoms with van der Waals surface area (Å²) < 4.78 is 23.0. The van der Waals surface area contributed by atoms with Crippen LogP contribution in [0.5, 0.6) is 0 Å². The first-order valence-electron chi connectivity index (χ1n) is 6.14. The predicted molar refractivity (Wildman–Crippen MR) is 73.4 cm³/mol. The molecule has 0 amide bonds. The molecule has 0 bridgehead atoms. The molecular weight excluding hydrogens is 248 g/mol. The smallest absolute Gasteiger partial charge is 0.243 e. The molecular formula is C13H20N2O2S. The van der Waals surface area contributed by atoms with Gasteiger partial charge in [0.2, 0.25) is 0 Å². The Bertz CT molecular complexity index is 522. The van der Waals surface area contributed by atoms with Crippen molar-refractivity contribution in [1.82, 2.24) is 4.98 Å². The fourth-order valence-corrected chi connectivity index (χ4v) is 2.58. The van der Waals surface area contributed by atoms with Gasteiger partial charge < -0.3 is 0 Å². The summed E-state index contributed by atoms with van der Waals surface area (Å²) in [6.07, 6.45) is 7.52. The van der Waals surface area contributed by atoms with Gasteiger partial charge in [0, 0.05) is 11.8 Å². The molecule has 0 spiro atoms. The molecule has 0 saturated heterocycles. The number of rotatable bonds is 6. The molecule has 0 aliphatic rings. The van der Waals surface area contributed by atoms with Crippen molar-refractivity contribution in [1.29, 1.82) is 0 Å². The number of hydrogen-bond donors (Lipinski definition) is 1. The Labute approximate surface area is 109 Å². The highest BCUT2D eigenvalue weighted by Gasteiger charge is 2.17. The van der Waals surface area contributed by atoms with Crippen LogP contribution in [0.15, 0.2) is 29.4 Å². The van der Waals surface area contributed by atoms with Gasteiger partial charge in [-0.25, -0.2) is 18.5 Å². The van der Waals surface area contributed by atoms with Gasteiger partial charge >= 0.3 is 0 Å². The molecule has 0 radical (unpaired) electrons. The molecule has 0 saturated carbocycles. The van der Waals surface area contributed by atoms with Crippen LogP contribution in [0, 0.1) is 0 Å². The van der Waals surface area contributed by atoms with E-state index in [-0.39, 0.29) is 5.03 Å². The largest absolute Gasteiger partial charge is 0.256 e. The van der Waals surface area contributed by atoms with Crippen LogP contribution in [0.3, 0.4) is 0 Å². The summed E-state index contributed by atoms with van der Waals surface area (Å²) in [5.74, 6) is 0. The second kappa shape index (κ2) is 6.66. The Balaban J connectivity index is 3.08. The normalized spacial score (nSPS) is 12.7. The van der Waals surface area contributed by atoms with Gasteiger partial charge in [-0.05, 0) is 31.4 Å². The van der Waals surface area contributed by atoms with E-state index in [1.165, 1.54) is 6.20 Å². The average Bonchev–Trinajstić information content (AvgIpc) is 2.34. The van der Waals surface area contributed by atoms with Crippen molar-refractivity contribution in [3.8, 4) is 0 Å². The quantitative estimate of drug-likeness (QED) is 0.806. The lowest BCUT2D eigenvalue weighted by Gasteiger charge is -2.10. The SMILES string of the molecule is C/C=C(/CCCCC)c1cccnc1S(N)(=O)=O. The molecule has 18 heavy (non-hydrogen) atoms. The van der Waals surface area contributed by atoms with Crippen molar-refractivity contribution in [3.63, 3.8) is 0 Å². The molecule has 0 aromatic carbocycles. The van der Waals surface area contributed by atoms with Crippen molar-refractivity contribution >= 4 is 15.6 Å². The van der Waals surface area contributed by atoms with Crippen molar-refractivity contribution in [2.45, 2.75) is 44.6 Å². The summed E-state index contributed by atoms with van der Waals surface area (Å²) in [6.45, 7) is 4.04. The summed E-state index contributed by atoms with van der Waals surface area (Å²) in [6, 6.07) is 3.49. The van der Waals surface area contributed by atoms with E-state index in [2.05, 4.69) is 11.9 Å². The van der Waals surface area contributed by atoms with Crippen LogP contribution in [-0.4, -0.2) is 13.4 Å². The monoisotopic (exact) mass is 268 g/mol. The minimum absolute atomic E-state index is 0.0328. The molecule has 2 N–H and O–H groups in total.